The largest absolute Gasteiger partial charge is 0.325 e. The second-order valence-electron chi connectivity index (χ2n) is 6.36. The van der Waals surface area contributed by atoms with E-state index in [1.165, 1.54) is 0 Å². The lowest BCUT2D eigenvalue weighted by molar-refractivity contribution is 0.191. The van der Waals surface area contributed by atoms with E-state index >= 15 is 0 Å². The van der Waals surface area contributed by atoms with Crippen LogP contribution in [0.2, 0.25) is 0 Å². The lowest BCUT2D eigenvalue weighted by atomic mass is 10.0. The Morgan fingerprint density at radius 3 is 2.53 bits per heavy atom. The number of urea groups is 1. The average Bonchev–Trinajstić information content (AvgIpc) is 2.41. The molecule has 4 heteroatoms. The fourth-order valence-corrected chi connectivity index (χ4v) is 2.22. The van der Waals surface area contributed by atoms with Crippen LogP contribution in [0.3, 0.4) is 0 Å². The maximum atomic E-state index is 12.0. The molecule has 1 aliphatic rings. The Morgan fingerprint density at radius 1 is 1.47 bits per heavy atom. The topological polar surface area (TPSA) is 49.6 Å². The highest BCUT2D eigenvalue weighted by Crippen LogP contribution is 2.21. The van der Waals surface area contributed by atoms with Crippen molar-refractivity contribution in [3.05, 3.63) is 0 Å². The van der Waals surface area contributed by atoms with Gasteiger partial charge in [-0.1, -0.05) is 13.8 Å². The summed E-state index contributed by atoms with van der Waals surface area (Å²) in [6.45, 7) is 10.0. The van der Waals surface area contributed by atoms with Crippen LogP contribution in [0, 0.1) is 5.92 Å². The third-order valence-electron chi connectivity index (χ3n) is 3.32. The number of hydrogen-bond acceptors (Lipinski definition) is 2. The van der Waals surface area contributed by atoms with Crippen LogP contribution in [0.5, 0.6) is 0 Å². The van der Waals surface area contributed by atoms with E-state index in [-0.39, 0.29) is 11.6 Å². The zero-order chi connectivity index (χ0) is 13.2. The Kier molecular flexibility index (Phi) is 4.42. The Bertz CT molecular complexity index is 270. The molecule has 0 bridgehead atoms. The third-order valence-corrected chi connectivity index (χ3v) is 3.32. The van der Waals surface area contributed by atoms with Crippen molar-refractivity contribution in [2.24, 2.45) is 11.7 Å². The van der Waals surface area contributed by atoms with Gasteiger partial charge in [-0.25, -0.2) is 4.79 Å². The minimum absolute atomic E-state index is 0.153. The number of amides is 2. The molecular weight excluding hydrogens is 214 g/mol. The van der Waals surface area contributed by atoms with Crippen molar-refractivity contribution < 1.29 is 4.79 Å². The summed E-state index contributed by atoms with van der Waals surface area (Å²) in [5.74, 6) is 0.626. The minimum atomic E-state index is -0.199. The summed E-state index contributed by atoms with van der Waals surface area (Å²) in [5.41, 5.74) is 5.76. The van der Waals surface area contributed by atoms with Gasteiger partial charge in [-0.3, -0.25) is 0 Å². The van der Waals surface area contributed by atoms with Crippen molar-refractivity contribution in [2.45, 2.75) is 52.1 Å². The number of likely N-dealkylation sites (N-methyl/N-ethyl adjacent to an activating group) is 1. The molecule has 1 fully saturated rings. The van der Waals surface area contributed by atoms with E-state index in [2.05, 4.69) is 13.8 Å². The summed E-state index contributed by atoms with van der Waals surface area (Å²) in [6, 6.07) is 0.517. The zero-order valence-electron chi connectivity index (χ0n) is 11.9. The van der Waals surface area contributed by atoms with E-state index in [0.29, 0.717) is 12.0 Å². The molecule has 0 aromatic heterocycles. The van der Waals surface area contributed by atoms with Gasteiger partial charge in [-0.2, -0.15) is 0 Å². The highest BCUT2D eigenvalue weighted by molar-refractivity contribution is 5.76. The second-order valence-corrected chi connectivity index (χ2v) is 6.36. The molecule has 0 aliphatic carbocycles. The molecule has 1 atom stereocenters. The Labute approximate surface area is 105 Å². The molecular formula is C13H27N3O. The molecule has 0 radical (unpaired) electrons. The van der Waals surface area contributed by atoms with Crippen molar-refractivity contribution in [2.75, 3.05) is 20.1 Å². The highest BCUT2D eigenvalue weighted by Gasteiger charge is 2.34. The number of carbonyl (C=O) groups is 1. The Morgan fingerprint density at radius 2 is 2.06 bits per heavy atom. The molecule has 17 heavy (non-hydrogen) atoms. The monoisotopic (exact) mass is 241 g/mol. The van der Waals surface area contributed by atoms with Gasteiger partial charge in [0.1, 0.15) is 0 Å². The van der Waals surface area contributed by atoms with Crippen molar-refractivity contribution in [3.63, 3.8) is 0 Å². The van der Waals surface area contributed by atoms with Crippen LogP contribution in [0.4, 0.5) is 4.79 Å². The van der Waals surface area contributed by atoms with Crippen LogP contribution in [-0.4, -0.2) is 47.5 Å². The van der Waals surface area contributed by atoms with Crippen LogP contribution in [0.25, 0.3) is 0 Å². The average molecular weight is 241 g/mol. The molecule has 2 N–H and O–H groups in total. The van der Waals surface area contributed by atoms with Gasteiger partial charge in [0.05, 0.1) is 6.04 Å². The van der Waals surface area contributed by atoms with E-state index in [4.69, 9.17) is 5.73 Å². The molecule has 1 unspecified atom stereocenters. The smallest absolute Gasteiger partial charge is 0.320 e. The standard InChI is InChI=1S/C13H27N3O/c1-10(2)8-11-9-16(12(17)15(11)5)7-6-13(3,4)14/h10-11H,6-9,14H2,1-5H3. The van der Waals surface area contributed by atoms with Gasteiger partial charge in [0.15, 0.2) is 0 Å². The third kappa shape index (κ3) is 4.19. The predicted molar refractivity (Wildman–Crippen MR) is 70.9 cm³/mol. The summed E-state index contributed by atoms with van der Waals surface area (Å²) >= 11 is 0. The first kappa shape index (κ1) is 14.3. The molecule has 0 spiro atoms. The Hall–Kier alpha value is -0.770. The van der Waals surface area contributed by atoms with Crippen molar-refractivity contribution in [3.8, 4) is 0 Å². The fraction of sp³-hybridized carbons (Fsp3) is 0.923. The SMILES string of the molecule is CC(C)CC1CN(CCC(C)(C)N)C(=O)N1C. The summed E-state index contributed by atoms with van der Waals surface area (Å²) in [4.78, 5) is 15.8. The first-order valence-corrected chi connectivity index (χ1v) is 6.51. The van der Waals surface area contributed by atoms with Gasteiger partial charge in [-0.05, 0) is 32.6 Å². The van der Waals surface area contributed by atoms with Crippen LogP contribution >= 0.6 is 0 Å². The van der Waals surface area contributed by atoms with Gasteiger partial charge in [0.2, 0.25) is 0 Å². The molecule has 1 saturated heterocycles. The van der Waals surface area contributed by atoms with Crippen LogP contribution in [-0.2, 0) is 0 Å². The summed E-state index contributed by atoms with van der Waals surface area (Å²) in [6.07, 6.45) is 1.92. The van der Waals surface area contributed by atoms with Crippen molar-refractivity contribution >= 4 is 6.03 Å². The molecule has 2 amide bonds. The normalized spacial score (nSPS) is 21.8. The van der Waals surface area contributed by atoms with Gasteiger partial charge in [-0.15, -0.1) is 0 Å². The van der Waals surface area contributed by atoms with Crippen molar-refractivity contribution in [1.29, 1.82) is 0 Å². The number of carbonyl (C=O) groups excluding carboxylic acids is 1. The number of nitrogens with zero attached hydrogens (tertiary/aromatic N) is 2. The van der Waals surface area contributed by atoms with Gasteiger partial charge in [0, 0.05) is 25.7 Å². The van der Waals surface area contributed by atoms with E-state index < -0.39 is 0 Å². The first-order valence-electron chi connectivity index (χ1n) is 6.51. The minimum Gasteiger partial charge on any atom is -0.325 e. The van der Waals surface area contributed by atoms with E-state index in [1.807, 2.05) is 30.7 Å². The molecule has 0 aromatic rings. The molecule has 100 valence electrons. The van der Waals surface area contributed by atoms with Crippen LogP contribution in [0.15, 0.2) is 0 Å². The molecule has 1 aliphatic heterocycles. The lowest BCUT2D eigenvalue weighted by Gasteiger charge is -2.22. The highest BCUT2D eigenvalue weighted by atomic mass is 16.2. The molecule has 1 heterocycles. The second kappa shape index (κ2) is 5.25. The van der Waals surface area contributed by atoms with E-state index in [0.717, 1.165) is 25.9 Å². The molecule has 0 saturated carbocycles. The lowest BCUT2D eigenvalue weighted by Crippen LogP contribution is -2.38. The number of nitrogens with two attached hydrogens (primary N) is 1. The number of rotatable bonds is 5. The predicted octanol–water partition coefficient (Wildman–Crippen LogP) is 1.90. The summed E-state index contributed by atoms with van der Waals surface area (Å²) in [5, 5.41) is 0. The maximum absolute atomic E-state index is 12.0. The first-order chi connectivity index (χ1) is 7.70. The zero-order valence-corrected chi connectivity index (χ0v) is 11.9. The quantitative estimate of drug-likeness (QED) is 0.799. The summed E-state index contributed by atoms with van der Waals surface area (Å²) in [7, 11) is 1.91. The molecule has 1 rings (SSSR count). The van der Waals surface area contributed by atoms with Gasteiger partial charge in [0.25, 0.3) is 0 Å². The van der Waals surface area contributed by atoms with Crippen molar-refractivity contribution in [1.82, 2.24) is 9.80 Å². The summed E-state index contributed by atoms with van der Waals surface area (Å²) < 4.78 is 0. The fourth-order valence-electron chi connectivity index (χ4n) is 2.22. The van der Waals surface area contributed by atoms with Gasteiger partial charge < -0.3 is 15.5 Å². The molecule has 4 nitrogen and oxygen atoms in total. The van der Waals surface area contributed by atoms with E-state index in [1.54, 1.807) is 0 Å². The Balaban J connectivity index is 2.51. The number of hydrogen-bond donors (Lipinski definition) is 1. The van der Waals surface area contributed by atoms with E-state index in [9.17, 15) is 4.79 Å². The molecule has 0 aromatic carbocycles. The van der Waals surface area contributed by atoms with Crippen LogP contribution < -0.4 is 5.73 Å². The maximum Gasteiger partial charge on any atom is 0.320 e. The van der Waals surface area contributed by atoms with Crippen LogP contribution in [0.1, 0.15) is 40.5 Å². The van der Waals surface area contributed by atoms with Gasteiger partial charge >= 0.3 is 6.03 Å².